The summed E-state index contributed by atoms with van der Waals surface area (Å²) in [5.74, 6) is 2.51. The zero-order chi connectivity index (χ0) is 13.9. The van der Waals surface area contributed by atoms with E-state index in [2.05, 4.69) is 43.4 Å². The van der Waals surface area contributed by atoms with Crippen LogP contribution in [0.15, 0.2) is 24.3 Å². The van der Waals surface area contributed by atoms with Crippen molar-refractivity contribution in [3.63, 3.8) is 0 Å². The van der Waals surface area contributed by atoms with Crippen molar-refractivity contribution in [2.24, 2.45) is 11.8 Å². The van der Waals surface area contributed by atoms with Gasteiger partial charge in [-0.05, 0) is 67.5 Å². The molecule has 1 aromatic rings. The summed E-state index contributed by atoms with van der Waals surface area (Å²) in [5, 5.41) is 3.76. The van der Waals surface area contributed by atoms with E-state index in [-0.39, 0.29) is 0 Å². The number of benzene rings is 1. The predicted octanol–water partition coefficient (Wildman–Crippen LogP) is 4.52. The van der Waals surface area contributed by atoms with Crippen molar-refractivity contribution in [3.05, 3.63) is 35.4 Å². The Morgan fingerprint density at radius 3 is 2.45 bits per heavy atom. The van der Waals surface area contributed by atoms with Crippen LogP contribution in [-0.4, -0.2) is 12.6 Å². The minimum Gasteiger partial charge on any atom is -0.314 e. The van der Waals surface area contributed by atoms with Gasteiger partial charge in [0.05, 0.1) is 0 Å². The average Bonchev–Trinajstić information content (AvgIpc) is 3.30. The van der Waals surface area contributed by atoms with Gasteiger partial charge in [0, 0.05) is 6.04 Å². The molecule has 0 heterocycles. The maximum absolute atomic E-state index is 3.76. The Balaban J connectivity index is 1.69. The normalized spacial score (nSPS) is 30.4. The van der Waals surface area contributed by atoms with Gasteiger partial charge >= 0.3 is 0 Å². The van der Waals surface area contributed by atoms with E-state index >= 15 is 0 Å². The highest BCUT2D eigenvalue weighted by Gasteiger charge is 2.31. The lowest BCUT2D eigenvalue weighted by Gasteiger charge is -2.35. The molecule has 1 nitrogen and oxygen atoms in total. The van der Waals surface area contributed by atoms with Crippen LogP contribution < -0.4 is 5.32 Å². The van der Waals surface area contributed by atoms with Gasteiger partial charge < -0.3 is 5.32 Å². The van der Waals surface area contributed by atoms with Crippen molar-refractivity contribution < 1.29 is 0 Å². The van der Waals surface area contributed by atoms with Crippen molar-refractivity contribution in [2.45, 2.75) is 64.3 Å². The molecule has 20 heavy (non-hydrogen) atoms. The molecule has 0 amide bonds. The Morgan fingerprint density at radius 1 is 1.05 bits per heavy atom. The van der Waals surface area contributed by atoms with E-state index in [0.717, 1.165) is 30.2 Å². The van der Waals surface area contributed by atoms with Gasteiger partial charge in [0.15, 0.2) is 0 Å². The molecule has 0 aromatic heterocycles. The lowest BCUT2D eigenvalue weighted by molar-refractivity contribution is 0.241. The SMILES string of the molecule is CCc1ccc(C2CC(C)CCC2CNC2CC2)cc1. The molecular weight excluding hydrogens is 242 g/mol. The monoisotopic (exact) mass is 271 g/mol. The summed E-state index contributed by atoms with van der Waals surface area (Å²) in [7, 11) is 0. The fraction of sp³-hybridized carbons (Fsp3) is 0.684. The Morgan fingerprint density at radius 2 is 1.80 bits per heavy atom. The zero-order valence-corrected chi connectivity index (χ0v) is 13.1. The van der Waals surface area contributed by atoms with E-state index in [1.54, 1.807) is 5.56 Å². The lowest BCUT2D eigenvalue weighted by Crippen LogP contribution is -2.32. The lowest BCUT2D eigenvalue weighted by atomic mass is 9.71. The van der Waals surface area contributed by atoms with E-state index in [1.165, 1.54) is 44.2 Å². The van der Waals surface area contributed by atoms with Crippen LogP contribution in [0.4, 0.5) is 0 Å². The number of hydrogen-bond acceptors (Lipinski definition) is 1. The van der Waals surface area contributed by atoms with E-state index in [0.29, 0.717) is 0 Å². The maximum atomic E-state index is 3.76. The third-order valence-corrected chi connectivity index (χ3v) is 5.32. The summed E-state index contributed by atoms with van der Waals surface area (Å²) in [6, 6.07) is 10.3. The summed E-state index contributed by atoms with van der Waals surface area (Å²) in [5.41, 5.74) is 3.04. The van der Waals surface area contributed by atoms with Gasteiger partial charge in [-0.1, -0.05) is 44.5 Å². The first-order chi connectivity index (χ1) is 9.76. The molecule has 0 saturated heterocycles. The van der Waals surface area contributed by atoms with Crippen LogP contribution in [0.25, 0.3) is 0 Å². The first-order valence-electron chi connectivity index (χ1n) is 8.58. The second-order valence-electron chi connectivity index (χ2n) is 7.06. The minimum atomic E-state index is 0.774. The Hall–Kier alpha value is -0.820. The molecule has 0 bridgehead atoms. The Labute approximate surface area is 124 Å². The zero-order valence-electron chi connectivity index (χ0n) is 13.1. The summed E-state index contributed by atoms with van der Waals surface area (Å²) in [6.45, 7) is 5.90. The molecule has 2 aliphatic rings. The molecule has 2 saturated carbocycles. The fourth-order valence-electron chi connectivity index (χ4n) is 3.70. The topological polar surface area (TPSA) is 12.0 Å². The number of hydrogen-bond donors (Lipinski definition) is 1. The molecular formula is C19H29N. The van der Waals surface area contributed by atoms with Crippen molar-refractivity contribution in [3.8, 4) is 0 Å². The van der Waals surface area contributed by atoms with E-state index in [9.17, 15) is 0 Å². The highest BCUT2D eigenvalue weighted by molar-refractivity contribution is 5.26. The van der Waals surface area contributed by atoms with Crippen LogP contribution in [0.5, 0.6) is 0 Å². The van der Waals surface area contributed by atoms with Crippen LogP contribution in [0, 0.1) is 11.8 Å². The summed E-state index contributed by atoms with van der Waals surface area (Å²) in [6.07, 6.45) is 8.15. The molecule has 3 rings (SSSR count). The second kappa shape index (κ2) is 6.30. The number of rotatable bonds is 5. The molecule has 2 aliphatic carbocycles. The number of aryl methyl sites for hydroxylation is 1. The molecule has 3 unspecified atom stereocenters. The van der Waals surface area contributed by atoms with Crippen molar-refractivity contribution >= 4 is 0 Å². The van der Waals surface area contributed by atoms with Gasteiger partial charge in [-0.2, -0.15) is 0 Å². The maximum Gasteiger partial charge on any atom is 0.00683 e. The molecule has 0 radical (unpaired) electrons. The van der Waals surface area contributed by atoms with Crippen LogP contribution >= 0.6 is 0 Å². The van der Waals surface area contributed by atoms with E-state index in [4.69, 9.17) is 0 Å². The molecule has 3 atom stereocenters. The van der Waals surface area contributed by atoms with E-state index in [1.807, 2.05) is 0 Å². The van der Waals surface area contributed by atoms with Crippen LogP contribution in [0.1, 0.15) is 63.0 Å². The third-order valence-electron chi connectivity index (χ3n) is 5.32. The molecule has 110 valence electrons. The minimum absolute atomic E-state index is 0.774. The fourth-order valence-corrected chi connectivity index (χ4v) is 3.70. The molecule has 2 fully saturated rings. The molecule has 0 spiro atoms. The quantitative estimate of drug-likeness (QED) is 0.830. The van der Waals surface area contributed by atoms with Crippen molar-refractivity contribution in [1.29, 1.82) is 0 Å². The highest BCUT2D eigenvalue weighted by Crippen LogP contribution is 2.40. The van der Waals surface area contributed by atoms with Gasteiger partial charge in [0.1, 0.15) is 0 Å². The van der Waals surface area contributed by atoms with E-state index < -0.39 is 0 Å². The second-order valence-corrected chi connectivity index (χ2v) is 7.06. The number of nitrogens with one attached hydrogen (secondary N) is 1. The van der Waals surface area contributed by atoms with Gasteiger partial charge in [-0.15, -0.1) is 0 Å². The predicted molar refractivity (Wildman–Crippen MR) is 86.1 cm³/mol. The molecule has 0 aliphatic heterocycles. The third kappa shape index (κ3) is 3.44. The summed E-state index contributed by atoms with van der Waals surface area (Å²) < 4.78 is 0. The molecule has 1 N–H and O–H groups in total. The summed E-state index contributed by atoms with van der Waals surface area (Å²) >= 11 is 0. The first-order valence-corrected chi connectivity index (χ1v) is 8.58. The molecule has 1 aromatic carbocycles. The van der Waals surface area contributed by atoms with Gasteiger partial charge in [-0.3, -0.25) is 0 Å². The highest BCUT2D eigenvalue weighted by atomic mass is 14.9. The average molecular weight is 271 g/mol. The largest absolute Gasteiger partial charge is 0.314 e. The standard InChI is InChI=1S/C19H29N/c1-3-15-5-8-16(9-6-15)19-12-14(2)4-7-17(19)13-20-18-10-11-18/h5-6,8-9,14,17-20H,3-4,7,10-13H2,1-2H3. The van der Waals surface area contributed by atoms with Crippen molar-refractivity contribution in [2.75, 3.05) is 6.54 Å². The van der Waals surface area contributed by atoms with Gasteiger partial charge in [0.25, 0.3) is 0 Å². The van der Waals surface area contributed by atoms with Gasteiger partial charge in [-0.25, -0.2) is 0 Å². The van der Waals surface area contributed by atoms with Crippen molar-refractivity contribution in [1.82, 2.24) is 5.32 Å². The van der Waals surface area contributed by atoms with Crippen LogP contribution in [-0.2, 0) is 6.42 Å². The van der Waals surface area contributed by atoms with Crippen LogP contribution in [0.2, 0.25) is 0 Å². The first kappa shape index (κ1) is 14.1. The van der Waals surface area contributed by atoms with Crippen LogP contribution in [0.3, 0.4) is 0 Å². The molecule has 1 heteroatoms. The Kier molecular flexibility index (Phi) is 4.45. The smallest absolute Gasteiger partial charge is 0.00683 e. The summed E-state index contributed by atoms with van der Waals surface area (Å²) in [4.78, 5) is 0. The Bertz CT molecular complexity index is 418. The van der Waals surface area contributed by atoms with Gasteiger partial charge in [0.2, 0.25) is 0 Å².